The Morgan fingerprint density at radius 2 is 1.72 bits per heavy atom. The summed E-state index contributed by atoms with van der Waals surface area (Å²) < 4.78 is 18.3. The van der Waals surface area contributed by atoms with Crippen molar-refractivity contribution in [2.75, 3.05) is 0 Å². The second-order valence-corrected chi connectivity index (χ2v) is 4.25. The molecule has 0 atom stereocenters. The van der Waals surface area contributed by atoms with E-state index >= 15 is 0 Å². The zero-order valence-corrected chi connectivity index (χ0v) is 10.3. The molecule has 2 aromatic carbocycles. The Labute approximate surface area is 110 Å². The van der Waals surface area contributed by atoms with Crippen molar-refractivity contribution < 1.29 is 14.2 Å². The third-order valence-electron chi connectivity index (χ3n) is 2.49. The second kappa shape index (κ2) is 5.85. The van der Waals surface area contributed by atoms with Crippen LogP contribution in [0.5, 0.6) is 5.75 Å². The van der Waals surface area contributed by atoms with Crippen LogP contribution < -0.4 is 4.74 Å². The number of halogens is 2. The van der Waals surface area contributed by atoms with Crippen molar-refractivity contribution in [1.29, 1.82) is 0 Å². The van der Waals surface area contributed by atoms with Crippen molar-refractivity contribution in [2.24, 2.45) is 0 Å². The summed E-state index contributed by atoms with van der Waals surface area (Å²) in [5.74, 6) is 0.0592. The standard InChI is InChI=1S/C14H12ClFO2/c15-13-7-12(16)5-6-14(13)18-9-11-3-1-10(8-17)2-4-11/h1-7,17H,8-9H2. The van der Waals surface area contributed by atoms with Crippen LogP contribution in [0.3, 0.4) is 0 Å². The highest BCUT2D eigenvalue weighted by Gasteiger charge is 2.03. The van der Waals surface area contributed by atoms with E-state index in [0.717, 1.165) is 11.1 Å². The Morgan fingerprint density at radius 3 is 2.33 bits per heavy atom. The smallest absolute Gasteiger partial charge is 0.138 e. The van der Waals surface area contributed by atoms with E-state index in [0.29, 0.717) is 12.4 Å². The number of aliphatic hydroxyl groups is 1. The molecule has 0 amide bonds. The molecule has 0 heterocycles. The first kappa shape index (κ1) is 12.9. The topological polar surface area (TPSA) is 29.5 Å². The molecule has 0 aliphatic carbocycles. The first-order chi connectivity index (χ1) is 8.69. The highest BCUT2D eigenvalue weighted by atomic mass is 35.5. The van der Waals surface area contributed by atoms with E-state index in [1.807, 2.05) is 24.3 Å². The van der Waals surface area contributed by atoms with Gasteiger partial charge in [-0.05, 0) is 29.3 Å². The quantitative estimate of drug-likeness (QED) is 0.917. The van der Waals surface area contributed by atoms with Crippen LogP contribution in [0.2, 0.25) is 5.02 Å². The molecule has 0 aromatic heterocycles. The lowest BCUT2D eigenvalue weighted by atomic mass is 10.1. The number of ether oxygens (including phenoxy) is 1. The molecule has 0 saturated heterocycles. The van der Waals surface area contributed by atoms with E-state index < -0.39 is 0 Å². The molecule has 2 rings (SSSR count). The molecular weight excluding hydrogens is 255 g/mol. The van der Waals surface area contributed by atoms with E-state index in [4.69, 9.17) is 21.4 Å². The fourth-order valence-electron chi connectivity index (χ4n) is 1.49. The molecule has 0 spiro atoms. The third-order valence-corrected chi connectivity index (χ3v) is 2.79. The minimum Gasteiger partial charge on any atom is -0.487 e. The molecule has 2 nitrogen and oxygen atoms in total. The molecule has 2 aromatic rings. The first-order valence-corrected chi connectivity index (χ1v) is 5.83. The molecular formula is C14H12ClFO2. The van der Waals surface area contributed by atoms with Gasteiger partial charge >= 0.3 is 0 Å². The summed E-state index contributed by atoms with van der Waals surface area (Å²) in [5.41, 5.74) is 1.80. The molecule has 0 unspecified atom stereocenters. The molecule has 1 N–H and O–H groups in total. The molecule has 94 valence electrons. The van der Waals surface area contributed by atoms with Gasteiger partial charge in [0.05, 0.1) is 11.6 Å². The number of benzene rings is 2. The van der Waals surface area contributed by atoms with Crippen LogP contribution in [0.25, 0.3) is 0 Å². The normalized spacial score (nSPS) is 10.4. The Hall–Kier alpha value is -1.58. The average Bonchev–Trinajstić information content (AvgIpc) is 2.38. The number of hydrogen-bond acceptors (Lipinski definition) is 2. The Bertz CT molecular complexity index is 526. The zero-order valence-electron chi connectivity index (χ0n) is 9.57. The average molecular weight is 267 g/mol. The summed E-state index contributed by atoms with van der Waals surface area (Å²) in [6.07, 6.45) is 0. The highest BCUT2D eigenvalue weighted by Crippen LogP contribution is 2.25. The van der Waals surface area contributed by atoms with Gasteiger partial charge in [-0.25, -0.2) is 4.39 Å². The fraction of sp³-hybridized carbons (Fsp3) is 0.143. The highest BCUT2D eigenvalue weighted by molar-refractivity contribution is 6.32. The minimum absolute atomic E-state index is 0.0188. The number of hydrogen-bond donors (Lipinski definition) is 1. The lowest BCUT2D eigenvalue weighted by Crippen LogP contribution is -1.96. The van der Waals surface area contributed by atoms with E-state index in [1.54, 1.807) is 0 Å². The van der Waals surface area contributed by atoms with Gasteiger partial charge in [0.15, 0.2) is 0 Å². The molecule has 0 aliphatic rings. The van der Waals surface area contributed by atoms with Gasteiger partial charge in [0.2, 0.25) is 0 Å². The van der Waals surface area contributed by atoms with E-state index in [2.05, 4.69) is 0 Å². The van der Waals surface area contributed by atoms with Crippen molar-refractivity contribution in [1.82, 2.24) is 0 Å². The van der Waals surface area contributed by atoms with Gasteiger partial charge in [-0.3, -0.25) is 0 Å². The maximum atomic E-state index is 12.8. The van der Waals surface area contributed by atoms with Crippen molar-refractivity contribution in [2.45, 2.75) is 13.2 Å². The van der Waals surface area contributed by atoms with Gasteiger partial charge < -0.3 is 9.84 Å². The summed E-state index contributed by atoms with van der Waals surface area (Å²) in [7, 11) is 0. The third kappa shape index (κ3) is 3.22. The monoisotopic (exact) mass is 266 g/mol. The van der Waals surface area contributed by atoms with Crippen molar-refractivity contribution in [3.8, 4) is 5.75 Å². The first-order valence-electron chi connectivity index (χ1n) is 5.45. The van der Waals surface area contributed by atoms with E-state index in [1.165, 1.54) is 18.2 Å². The van der Waals surface area contributed by atoms with Gasteiger partial charge in [-0.2, -0.15) is 0 Å². The van der Waals surface area contributed by atoms with Crippen LogP contribution in [0.15, 0.2) is 42.5 Å². The van der Waals surface area contributed by atoms with E-state index in [9.17, 15) is 4.39 Å². The summed E-state index contributed by atoms with van der Waals surface area (Å²) in [4.78, 5) is 0. The minimum atomic E-state index is -0.389. The van der Waals surface area contributed by atoms with Crippen LogP contribution in [-0.4, -0.2) is 5.11 Å². The predicted molar refractivity (Wildman–Crippen MR) is 68.1 cm³/mol. The molecule has 0 bridgehead atoms. The van der Waals surface area contributed by atoms with E-state index in [-0.39, 0.29) is 17.4 Å². The fourth-order valence-corrected chi connectivity index (χ4v) is 1.72. The van der Waals surface area contributed by atoms with Crippen LogP contribution >= 0.6 is 11.6 Å². The molecule has 0 fully saturated rings. The molecule has 4 heteroatoms. The van der Waals surface area contributed by atoms with Gasteiger partial charge in [0.1, 0.15) is 18.2 Å². The summed E-state index contributed by atoms with van der Waals surface area (Å²) in [5, 5.41) is 9.17. The molecule has 0 radical (unpaired) electrons. The van der Waals surface area contributed by atoms with Gasteiger partial charge in [0, 0.05) is 0 Å². The summed E-state index contributed by atoms with van der Waals surface area (Å²) in [6, 6.07) is 11.4. The molecule has 18 heavy (non-hydrogen) atoms. The maximum Gasteiger partial charge on any atom is 0.138 e. The lowest BCUT2D eigenvalue weighted by Gasteiger charge is -2.08. The second-order valence-electron chi connectivity index (χ2n) is 3.84. The molecule has 0 saturated carbocycles. The summed E-state index contributed by atoms with van der Waals surface area (Å²) >= 11 is 5.85. The Kier molecular flexibility index (Phi) is 4.18. The van der Waals surface area contributed by atoms with Crippen LogP contribution in [-0.2, 0) is 13.2 Å². The van der Waals surface area contributed by atoms with Crippen LogP contribution in [0, 0.1) is 5.82 Å². The van der Waals surface area contributed by atoms with Crippen molar-refractivity contribution >= 4 is 11.6 Å². The predicted octanol–water partition coefficient (Wildman–Crippen LogP) is 3.55. The maximum absolute atomic E-state index is 12.8. The van der Waals surface area contributed by atoms with Gasteiger partial charge in [0.25, 0.3) is 0 Å². The lowest BCUT2D eigenvalue weighted by molar-refractivity contribution is 0.281. The number of rotatable bonds is 4. The van der Waals surface area contributed by atoms with Gasteiger partial charge in [-0.1, -0.05) is 35.9 Å². The molecule has 0 aliphatic heterocycles. The SMILES string of the molecule is OCc1ccc(COc2ccc(F)cc2Cl)cc1. The van der Waals surface area contributed by atoms with Gasteiger partial charge in [-0.15, -0.1) is 0 Å². The van der Waals surface area contributed by atoms with Crippen molar-refractivity contribution in [3.63, 3.8) is 0 Å². The van der Waals surface area contributed by atoms with Crippen LogP contribution in [0.4, 0.5) is 4.39 Å². The Morgan fingerprint density at radius 1 is 1.06 bits per heavy atom. The zero-order chi connectivity index (χ0) is 13.0. The number of aliphatic hydroxyl groups excluding tert-OH is 1. The van der Waals surface area contributed by atoms with Crippen LogP contribution in [0.1, 0.15) is 11.1 Å². The Balaban J connectivity index is 2.02. The largest absolute Gasteiger partial charge is 0.487 e. The van der Waals surface area contributed by atoms with Crippen molar-refractivity contribution in [3.05, 3.63) is 64.4 Å². The summed E-state index contributed by atoms with van der Waals surface area (Å²) in [6.45, 7) is 0.363.